The Morgan fingerprint density at radius 3 is 2.63 bits per heavy atom. The minimum Gasteiger partial charge on any atom is -0.479 e. The Morgan fingerprint density at radius 1 is 1.33 bits per heavy atom. The third-order valence-corrected chi connectivity index (χ3v) is 5.71. The van der Waals surface area contributed by atoms with E-state index >= 15 is 0 Å². The van der Waals surface area contributed by atoms with Crippen molar-refractivity contribution in [2.24, 2.45) is 11.8 Å². The van der Waals surface area contributed by atoms with Gasteiger partial charge >= 0.3 is 5.97 Å². The van der Waals surface area contributed by atoms with Crippen molar-refractivity contribution >= 4 is 5.97 Å². The smallest absolute Gasteiger partial charge is 0.336 e. The van der Waals surface area contributed by atoms with E-state index in [1.165, 1.54) is 0 Å². The largest absolute Gasteiger partial charge is 0.479 e. The molecule has 1 aliphatic rings. The van der Waals surface area contributed by atoms with E-state index in [9.17, 15) is 9.90 Å². The van der Waals surface area contributed by atoms with Gasteiger partial charge in [-0.2, -0.15) is 0 Å². The van der Waals surface area contributed by atoms with Crippen LogP contribution in [0.3, 0.4) is 0 Å². The molecule has 0 amide bonds. The van der Waals surface area contributed by atoms with Crippen molar-refractivity contribution in [1.82, 2.24) is 0 Å². The van der Waals surface area contributed by atoms with E-state index in [0.717, 1.165) is 28.7 Å². The van der Waals surface area contributed by atoms with Crippen LogP contribution in [0.25, 0.3) is 0 Å². The molecule has 0 spiro atoms. The standard InChI is InChI=1S/C25H34O5/c1-18(2)21-12-11-19(3)22(23(21)16-29-17-28-5)13-14-25(4,24(26)27)30-15-20-9-7-6-8-10-20/h6-11,13,21,23H,1,12,14-17H2,2-5H3,(H,26,27)/b22-13-/t21?,23?,25-/m0/s1. The Morgan fingerprint density at radius 2 is 2.03 bits per heavy atom. The van der Waals surface area contributed by atoms with Gasteiger partial charge in [0.2, 0.25) is 0 Å². The number of benzene rings is 1. The summed E-state index contributed by atoms with van der Waals surface area (Å²) in [5.41, 5.74) is 2.96. The van der Waals surface area contributed by atoms with Gasteiger partial charge in [0, 0.05) is 19.4 Å². The molecule has 0 aromatic heterocycles. The highest BCUT2D eigenvalue weighted by molar-refractivity contribution is 5.77. The second-order valence-electron chi connectivity index (χ2n) is 8.13. The number of carbonyl (C=O) groups is 1. The fourth-order valence-corrected chi connectivity index (χ4v) is 3.75. The SMILES string of the molecule is C=C(C)C1CC=C(C)/C(=C/C[C@](C)(OCc2ccccc2)C(=O)O)C1COCOC. The van der Waals surface area contributed by atoms with Crippen molar-refractivity contribution in [2.45, 2.75) is 45.8 Å². The van der Waals surface area contributed by atoms with Gasteiger partial charge in [0.05, 0.1) is 13.2 Å². The van der Waals surface area contributed by atoms with Gasteiger partial charge in [-0.1, -0.05) is 60.2 Å². The molecular formula is C25H34O5. The Bertz CT molecular complexity index is 780. The zero-order valence-corrected chi connectivity index (χ0v) is 18.5. The van der Waals surface area contributed by atoms with Gasteiger partial charge < -0.3 is 19.3 Å². The maximum atomic E-state index is 12.0. The summed E-state index contributed by atoms with van der Waals surface area (Å²) in [5, 5.41) is 9.86. The molecule has 0 aliphatic heterocycles. The molecule has 2 unspecified atom stereocenters. The zero-order chi connectivity index (χ0) is 22.1. The van der Waals surface area contributed by atoms with Crippen LogP contribution in [0.2, 0.25) is 0 Å². The van der Waals surface area contributed by atoms with Crippen LogP contribution in [-0.4, -0.2) is 37.2 Å². The van der Waals surface area contributed by atoms with Crippen LogP contribution in [0.1, 0.15) is 39.2 Å². The van der Waals surface area contributed by atoms with E-state index in [4.69, 9.17) is 14.2 Å². The lowest BCUT2D eigenvalue weighted by molar-refractivity contribution is -0.164. The number of allylic oxidation sites excluding steroid dienone is 3. The van der Waals surface area contributed by atoms with Crippen LogP contribution in [-0.2, 0) is 25.6 Å². The topological polar surface area (TPSA) is 65.0 Å². The molecule has 5 nitrogen and oxygen atoms in total. The quantitative estimate of drug-likeness (QED) is 0.308. The molecule has 1 aliphatic carbocycles. The summed E-state index contributed by atoms with van der Waals surface area (Å²) in [4.78, 5) is 12.0. The first-order valence-electron chi connectivity index (χ1n) is 10.3. The molecule has 5 heteroatoms. The van der Waals surface area contributed by atoms with Crippen molar-refractivity contribution in [1.29, 1.82) is 0 Å². The number of ether oxygens (including phenoxy) is 3. The molecule has 0 saturated heterocycles. The van der Waals surface area contributed by atoms with Crippen molar-refractivity contribution in [3.8, 4) is 0 Å². The fourth-order valence-electron chi connectivity index (χ4n) is 3.75. The third-order valence-electron chi connectivity index (χ3n) is 5.71. The number of carboxylic acid groups (broad SMARTS) is 1. The van der Waals surface area contributed by atoms with Crippen molar-refractivity contribution in [3.05, 3.63) is 71.3 Å². The van der Waals surface area contributed by atoms with E-state index < -0.39 is 11.6 Å². The number of methoxy groups -OCH3 is 1. The van der Waals surface area contributed by atoms with Gasteiger partial charge in [0.1, 0.15) is 6.79 Å². The molecule has 0 saturated carbocycles. The van der Waals surface area contributed by atoms with Crippen LogP contribution < -0.4 is 0 Å². The van der Waals surface area contributed by atoms with E-state index in [1.807, 2.05) is 43.3 Å². The Hall–Kier alpha value is -2.21. The minimum atomic E-state index is -1.32. The normalized spacial score (nSPS) is 22.4. The fraction of sp³-hybridized carbons (Fsp3) is 0.480. The first-order valence-corrected chi connectivity index (χ1v) is 10.3. The van der Waals surface area contributed by atoms with Gasteiger partial charge in [-0.3, -0.25) is 0 Å². The summed E-state index contributed by atoms with van der Waals surface area (Å²) in [5.74, 6) is -0.621. The summed E-state index contributed by atoms with van der Waals surface area (Å²) in [6, 6.07) is 9.60. The highest BCUT2D eigenvalue weighted by Gasteiger charge is 2.35. The Kier molecular flexibility index (Phi) is 9.03. The zero-order valence-electron chi connectivity index (χ0n) is 18.5. The molecule has 0 fully saturated rings. The predicted octanol–water partition coefficient (Wildman–Crippen LogP) is 5.14. The lowest BCUT2D eigenvalue weighted by Crippen LogP contribution is -2.38. The summed E-state index contributed by atoms with van der Waals surface area (Å²) < 4.78 is 16.6. The monoisotopic (exact) mass is 414 g/mol. The molecule has 1 aromatic rings. The van der Waals surface area contributed by atoms with Crippen LogP contribution in [0, 0.1) is 11.8 Å². The maximum absolute atomic E-state index is 12.0. The van der Waals surface area contributed by atoms with Gasteiger partial charge in [-0.25, -0.2) is 4.79 Å². The highest BCUT2D eigenvalue weighted by atomic mass is 16.7. The van der Waals surface area contributed by atoms with Gasteiger partial charge in [-0.05, 0) is 44.2 Å². The van der Waals surface area contributed by atoms with Gasteiger partial charge in [0.25, 0.3) is 0 Å². The number of aliphatic carboxylic acids is 1. The molecular weight excluding hydrogens is 380 g/mol. The number of hydrogen-bond acceptors (Lipinski definition) is 4. The second kappa shape index (κ2) is 11.3. The molecule has 1 N–H and O–H groups in total. The van der Waals surface area contributed by atoms with Crippen molar-refractivity contribution in [3.63, 3.8) is 0 Å². The van der Waals surface area contributed by atoms with Crippen LogP contribution in [0.15, 0.2) is 65.8 Å². The van der Waals surface area contributed by atoms with Crippen LogP contribution in [0.4, 0.5) is 0 Å². The van der Waals surface area contributed by atoms with Crippen molar-refractivity contribution in [2.75, 3.05) is 20.5 Å². The summed E-state index contributed by atoms with van der Waals surface area (Å²) in [6.07, 6.45) is 5.36. The van der Waals surface area contributed by atoms with Crippen molar-refractivity contribution < 1.29 is 24.1 Å². The molecule has 2 rings (SSSR count). The van der Waals surface area contributed by atoms with E-state index in [2.05, 4.69) is 19.6 Å². The van der Waals surface area contributed by atoms with Gasteiger partial charge in [-0.15, -0.1) is 0 Å². The van der Waals surface area contributed by atoms with Crippen LogP contribution in [0.5, 0.6) is 0 Å². The Balaban J connectivity index is 2.22. The lowest BCUT2D eigenvalue weighted by atomic mass is 9.73. The lowest BCUT2D eigenvalue weighted by Gasteiger charge is -2.34. The van der Waals surface area contributed by atoms with E-state index in [1.54, 1.807) is 14.0 Å². The maximum Gasteiger partial charge on any atom is 0.336 e. The summed E-state index contributed by atoms with van der Waals surface area (Å²) in [6.45, 7) is 10.8. The molecule has 1 aromatic carbocycles. The molecule has 3 atom stereocenters. The number of hydrogen-bond donors (Lipinski definition) is 1. The van der Waals surface area contributed by atoms with E-state index in [-0.39, 0.29) is 31.7 Å². The predicted molar refractivity (Wildman–Crippen MR) is 118 cm³/mol. The van der Waals surface area contributed by atoms with Crippen LogP contribution >= 0.6 is 0 Å². The summed E-state index contributed by atoms with van der Waals surface area (Å²) in [7, 11) is 1.60. The molecule has 164 valence electrons. The second-order valence-corrected chi connectivity index (χ2v) is 8.13. The molecule has 30 heavy (non-hydrogen) atoms. The van der Waals surface area contributed by atoms with E-state index in [0.29, 0.717) is 6.61 Å². The Labute approximate surface area is 180 Å². The first-order chi connectivity index (χ1) is 14.3. The average molecular weight is 415 g/mol. The number of carboxylic acids is 1. The first kappa shape index (κ1) is 24.1. The summed E-state index contributed by atoms with van der Waals surface area (Å²) >= 11 is 0. The minimum absolute atomic E-state index is 0.106. The van der Waals surface area contributed by atoms with Gasteiger partial charge in [0.15, 0.2) is 5.60 Å². The average Bonchev–Trinajstić information content (AvgIpc) is 2.72. The molecule has 0 bridgehead atoms. The third kappa shape index (κ3) is 6.39. The highest BCUT2D eigenvalue weighted by Crippen LogP contribution is 2.39. The number of rotatable bonds is 11. The molecule has 0 heterocycles. The molecule has 0 radical (unpaired) electrons.